The molecule has 8 heteroatoms. The number of phosphoric acid groups is 1. The highest BCUT2D eigenvalue weighted by atomic mass is 31.2. The molecular formula is C23H46BO6P-. The molecule has 1 saturated heterocycles. The Morgan fingerprint density at radius 3 is 2.19 bits per heavy atom. The number of hydrogen-bond acceptors (Lipinski definition) is 6. The smallest absolute Gasteiger partial charge is 0.268 e. The van der Waals surface area contributed by atoms with Crippen molar-refractivity contribution in [1.82, 2.24) is 0 Å². The third-order valence-electron chi connectivity index (χ3n) is 5.59. The van der Waals surface area contributed by atoms with Crippen molar-refractivity contribution in [1.29, 1.82) is 0 Å². The molecule has 1 rings (SSSR count). The van der Waals surface area contributed by atoms with Crippen molar-refractivity contribution in [3.63, 3.8) is 0 Å². The Kier molecular flexibility index (Phi) is 14.9. The Morgan fingerprint density at radius 1 is 1.03 bits per heavy atom. The van der Waals surface area contributed by atoms with Gasteiger partial charge in [-0.2, -0.15) is 0 Å². The van der Waals surface area contributed by atoms with Gasteiger partial charge in [-0.1, -0.05) is 71.5 Å². The summed E-state index contributed by atoms with van der Waals surface area (Å²) in [6.45, 7) is 11.7. The maximum absolute atomic E-state index is 11.9. The van der Waals surface area contributed by atoms with Crippen LogP contribution in [0.3, 0.4) is 0 Å². The topological polar surface area (TPSA) is 77.1 Å². The first-order valence-corrected chi connectivity index (χ1v) is 13.9. The molecule has 1 aliphatic rings. The Hall–Kier alpha value is 0.0949. The van der Waals surface area contributed by atoms with Crippen LogP contribution < -0.4 is 4.89 Å². The van der Waals surface area contributed by atoms with E-state index in [0.29, 0.717) is 0 Å². The predicted octanol–water partition coefficient (Wildman–Crippen LogP) is 5.70. The fourth-order valence-corrected chi connectivity index (χ4v) is 5.03. The molecule has 2 unspecified atom stereocenters. The molecule has 1 aliphatic heterocycles. The Bertz CT molecular complexity index is 496. The molecule has 1 heterocycles. The highest BCUT2D eigenvalue weighted by Gasteiger charge is 2.37. The van der Waals surface area contributed by atoms with E-state index >= 15 is 0 Å². The molecule has 0 amide bonds. The van der Waals surface area contributed by atoms with E-state index < -0.39 is 20.0 Å². The summed E-state index contributed by atoms with van der Waals surface area (Å²) < 4.78 is 33.9. The fraction of sp³-hybridized carbons (Fsp3) is 1.00. The molecule has 0 aromatic heterocycles. The van der Waals surface area contributed by atoms with E-state index in [1.165, 1.54) is 51.4 Å². The zero-order chi connectivity index (χ0) is 23.3. The van der Waals surface area contributed by atoms with Gasteiger partial charge in [0.2, 0.25) is 0 Å². The summed E-state index contributed by atoms with van der Waals surface area (Å²) >= 11 is 0. The van der Waals surface area contributed by atoms with Crippen molar-refractivity contribution >= 4 is 15.1 Å². The van der Waals surface area contributed by atoms with E-state index in [-0.39, 0.29) is 24.8 Å². The van der Waals surface area contributed by atoms with Gasteiger partial charge in [-0.15, -0.1) is 0 Å². The molecule has 0 aliphatic carbocycles. The molecule has 0 spiro atoms. The fourth-order valence-electron chi connectivity index (χ4n) is 4.12. The summed E-state index contributed by atoms with van der Waals surface area (Å²) in [7, 11) is -2.10. The average molecular weight is 460 g/mol. The van der Waals surface area contributed by atoms with Crippen LogP contribution in [0, 0.1) is 5.92 Å². The molecule has 31 heavy (non-hydrogen) atoms. The number of ether oxygens (including phenoxy) is 2. The van der Waals surface area contributed by atoms with E-state index in [9.17, 15) is 9.46 Å². The van der Waals surface area contributed by atoms with Gasteiger partial charge in [0, 0.05) is 6.00 Å². The van der Waals surface area contributed by atoms with Crippen LogP contribution in [0.1, 0.15) is 99.3 Å². The van der Waals surface area contributed by atoms with Gasteiger partial charge in [0.25, 0.3) is 7.82 Å². The van der Waals surface area contributed by atoms with E-state index in [1.807, 2.05) is 13.8 Å². The minimum absolute atomic E-state index is 0.0286. The van der Waals surface area contributed by atoms with Crippen molar-refractivity contribution in [2.75, 3.05) is 6.61 Å². The predicted molar refractivity (Wildman–Crippen MR) is 125 cm³/mol. The lowest BCUT2D eigenvalue weighted by molar-refractivity contribution is -0.231. The maximum atomic E-state index is 11.9. The van der Waals surface area contributed by atoms with E-state index in [2.05, 4.69) is 21.1 Å². The van der Waals surface area contributed by atoms with Crippen molar-refractivity contribution < 1.29 is 28.0 Å². The SMILES string of the molecule is CCCCC(CCCC)CCC[B][C@H]1CC(OC(C)C)[C@@H](COP(=O)([O-])OC(C)C)O1. The lowest BCUT2D eigenvalue weighted by atomic mass is 9.65. The quantitative estimate of drug-likeness (QED) is 0.148. The number of unbranched alkanes of at least 4 members (excludes halogenated alkanes) is 2. The van der Waals surface area contributed by atoms with Crippen molar-refractivity contribution in [2.45, 2.75) is 136 Å². The molecule has 0 N–H and O–H groups in total. The second-order valence-electron chi connectivity index (χ2n) is 9.39. The van der Waals surface area contributed by atoms with Gasteiger partial charge >= 0.3 is 0 Å². The van der Waals surface area contributed by atoms with Gasteiger partial charge < -0.3 is 23.4 Å². The van der Waals surface area contributed by atoms with Crippen LogP contribution in [0.2, 0.25) is 6.32 Å². The summed E-state index contributed by atoms with van der Waals surface area (Å²) in [6, 6.07) is -0.0286. The molecule has 0 aromatic carbocycles. The molecule has 4 atom stereocenters. The van der Waals surface area contributed by atoms with Gasteiger partial charge in [-0.05, 0) is 40.0 Å². The number of hydrogen-bond donors (Lipinski definition) is 0. The van der Waals surface area contributed by atoms with Crippen LogP contribution in [0.4, 0.5) is 0 Å². The summed E-state index contributed by atoms with van der Waals surface area (Å²) in [5, 5.41) is 0. The second kappa shape index (κ2) is 15.8. The molecular weight excluding hydrogens is 414 g/mol. The minimum atomic E-state index is -4.33. The summed E-state index contributed by atoms with van der Waals surface area (Å²) in [5.41, 5.74) is 0. The van der Waals surface area contributed by atoms with Crippen molar-refractivity contribution in [2.24, 2.45) is 5.92 Å². The molecule has 1 fully saturated rings. The van der Waals surface area contributed by atoms with E-state index in [4.69, 9.17) is 18.5 Å². The van der Waals surface area contributed by atoms with Crippen LogP contribution in [-0.4, -0.2) is 44.3 Å². The zero-order valence-electron chi connectivity index (χ0n) is 20.7. The van der Waals surface area contributed by atoms with Crippen LogP contribution in [-0.2, 0) is 23.1 Å². The van der Waals surface area contributed by atoms with Gasteiger partial charge in [0.05, 0.1) is 24.9 Å². The molecule has 0 saturated carbocycles. The van der Waals surface area contributed by atoms with Gasteiger partial charge in [0.1, 0.15) is 13.4 Å². The first kappa shape index (κ1) is 29.1. The largest absolute Gasteiger partial charge is 0.756 e. The lowest BCUT2D eigenvalue weighted by Gasteiger charge is -2.28. The second-order valence-corrected chi connectivity index (χ2v) is 10.7. The molecule has 0 bridgehead atoms. The first-order valence-electron chi connectivity index (χ1n) is 12.4. The summed E-state index contributed by atoms with van der Waals surface area (Å²) in [6.07, 6.45) is 11.1. The number of phosphoric ester groups is 1. The highest BCUT2D eigenvalue weighted by Crippen LogP contribution is 2.41. The monoisotopic (exact) mass is 460 g/mol. The van der Waals surface area contributed by atoms with Gasteiger partial charge in [0.15, 0.2) is 0 Å². The van der Waals surface area contributed by atoms with E-state index in [0.717, 1.165) is 18.7 Å². The van der Waals surface area contributed by atoms with Crippen LogP contribution >= 0.6 is 7.82 Å². The first-order chi connectivity index (χ1) is 14.7. The average Bonchev–Trinajstić information content (AvgIpc) is 3.05. The van der Waals surface area contributed by atoms with Crippen LogP contribution in [0.15, 0.2) is 0 Å². The number of rotatable bonds is 18. The Labute approximate surface area is 192 Å². The van der Waals surface area contributed by atoms with Crippen molar-refractivity contribution in [3.8, 4) is 0 Å². The summed E-state index contributed by atoms with van der Waals surface area (Å²) in [5.74, 6) is 0.836. The molecule has 0 aromatic rings. The molecule has 6 nitrogen and oxygen atoms in total. The Morgan fingerprint density at radius 2 is 1.65 bits per heavy atom. The lowest BCUT2D eigenvalue weighted by Crippen LogP contribution is -2.31. The maximum Gasteiger partial charge on any atom is 0.268 e. The van der Waals surface area contributed by atoms with Crippen LogP contribution in [0.5, 0.6) is 0 Å². The summed E-state index contributed by atoms with van der Waals surface area (Å²) in [4.78, 5) is 11.9. The zero-order valence-corrected chi connectivity index (χ0v) is 21.6. The van der Waals surface area contributed by atoms with Gasteiger partial charge in [-0.25, -0.2) is 0 Å². The third-order valence-corrected chi connectivity index (χ3v) is 6.74. The molecule has 1 radical (unpaired) electrons. The third kappa shape index (κ3) is 13.4. The highest BCUT2D eigenvalue weighted by molar-refractivity contribution is 7.45. The standard InChI is InChI=1S/C23H47BO6P/c1-7-9-12-20(13-10-8-2)14-11-15-24-23-16-21(28-18(3)4)22(29-23)17-27-31(25,26)30-19(5)6/h18-23H,7-17H2,1-6H3,(H,25,26)/p-1/t21?,22-,23-/m1/s1. The van der Waals surface area contributed by atoms with E-state index in [1.54, 1.807) is 13.8 Å². The van der Waals surface area contributed by atoms with Gasteiger partial charge in [-0.3, -0.25) is 4.57 Å². The normalized spacial score (nSPS) is 23.7. The Balaban J connectivity index is 2.46. The molecule has 183 valence electrons. The van der Waals surface area contributed by atoms with Crippen molar-refractivity contribution in [3.05, 3.63) is 0 Å². The minimum Gasteiger partial charge on any atom is -0.756 e. The van der Waals surface area contributed by atoms with Crippen LogP contribution in [0.25, 0.3) is 0 Å².